The van der Waals surface area contributed by atoms with Crippen LogP contribution >= 0.6 is 0 Å². The third-order valence-electron chi connectivity index (χ3n) is 13.7. The Labute approximate surface area is 527 Å². The van der Waals surface area contributed by atoms with Crippen molar-refractivity contribution in [3.8, 4) is 11.5 Å². The number of rotatable bonds is 19. The molecule has 4 heterocycles. The molecule has 90 heavy (non-hydrogen) atoms. The Morgan fingerprint density at radius 3 is 1.29 bits per heavy atom. The largest absolute Gasteiger partial charge is 0.507 e. The molecule has 2 aromatic carbocycles. The van der Waals surface area contributed by atoms with Crippen molar-refractivity contribution in [3.63, 3.8) is 0 Å². The summed E-state index contributed by atoms with van der Waals surface area (Å²) >= 11 is 0. The third kappa shape index (κ3) is 25.9. The number of urea groups is 3. The van der Waals surface area contributed by atoms with Crippen LogP contribution in [0.15, 0.2) is 24.3 Å². The molecule has 11 amide bonds. The molecule has 31 nitrogen and oxygen atoms in total. The Morgan fingerprint density at radius 1 is 0.511 bits per heavy atom. The number of hydrogen-bond donors (Lipinski definition) is 6. The van der Waals surface area contributed by atoms with Gasteiger partial charge < -0.3 is 83.2 Å². The van der Waals surface area contributed by atoms with Crippen LogP contribution in [0.4, 0.5) is 14.4 Å². The third-order valence-corrected chi connectivity index (χ3v) is 13.7. The Hall–Kier alpha value is -6.72. The van der Waals surface area contributed by atoms with E-state index >= 15 is 0 Å². The predicted octanol–water partition coefficient (Wildman–Crippen LogP) is 2.28. The van der Waals surface area contributed by atoms with Gasteiger partial charge in [-0.05, 0) is 49.4 Å². The number of aryl methyl sites for hydroxylation is 1. The van der Waals surface area contributed by atoms with E-state index in [-0.39, 0.29) is 158 Å². The molecule has 4 saturated heterocycles. The highest BCUT2D eigenvalue weighted by Crippen LogP contribution is 2.31. The Bertz CT molecular complexity index is 2410. The van der Waals surface area contributed by atoms with E-state index in [1.165, 1.54) is 105 Å². The van der Waals surface area contributed by atoms with Crippen molar-refractivity contribution in [1.29, 1.82) is 0 Å². The number of methoxy groups -OCH3 is 7. The fourth-order valence-electron chi connectivity index (χ4n) is 9.03. The SMILES string of the molecule is CC(C)(C)c1cc(CO)c(O)c(CO)c1.CCN1CN(COC)C(=O)N(C(C)=O)C1.COCC1CC(COC)C(=O)N(COC)CN(COC)C1=O.COCN1CCCN(C(C)=O)C1=O.COCN1COCN(C(C)=O)C1=O.Cc1cc(CO)c(O)c(CO)c1. The van der Waals surface area contributed by atoms with Gasteiger partial charge in [0.15, 0.2) is 0 Å². The van der Waals surface area contributed by atoms with Crippen molar-refractivity contribution in [3.05, 3.63) is 57.6 Å². The van der Waals surface area contributed by atoms with E-state index in [2.05, 4.69) is 0 Å². The minimum absolute atomic E-state index is 0.00648. The summed E-state index contributed by atoms with van der Waals surface area (Å²) in [4.78, 5) is 106. The Balaban J connectivity index is 0.000000547. The minimum atomic E-state index is -0.394. The van der Waals surface area contributed by atoms with Crippen molar-refractivity contribution in [2.45, 2.75) is 100 Å². The van der Waals surface area contributed by atoms with Gasteiger partial charge in [-0.15, -0.1) is 0 Å². The zero-order valence-electron chi connectivity index (χ0n) is 55.1. The summed E-state index contributed by atoms with van der Waals surface area (Å²) in [6, 6.07) is 6.02. The van der Waals surface area contributed by atoms with Crippen LogP contribution in [0.2, 0.25) is 0 Å². The average Bonchev–Trinajstić information content (AvgIpc) is 2.08. The second-order valence-electron chi connectivity index (χ2n) is 21.8. The number of ether oxygens (including phenoxy) is 8. The molecule has 0 aromatic heterocycles. The molecule has 6 N–H and O–H groups in total. The summed E-state index contributed by atoms with van der Waals surface area (Å²) in [6.07, 6.45) is 1.19. The quantitative estimate of drug-likeness (QED) is 0.117. The van der Waals surface area contributed by atoms with Crippen LogP contribution in [-0.2, 0) is 93.7 Å². The van der Waals surface area contributed by atoms with Crippen LogP contribution in [-0.4, -0.2) is 272 Å². The maximum absolute atomic E-state index is 12.6. The molecule has 512 valence electrons. The first-order chi connectivity index (χ1) is 42.6. The number of hydrogen-bond acceptors (Lipinski definition) is 23. The van der Waals surface area contributed by atoms with Crippen molar-refractivity contribution in [2.24, 2.45) is 11.8 Å². The molecular formula is C59H99N9O22. The maximum atomic E-state index is 12.6. The molecule has 0 saturated carbocycles. The Morgan fingerprint density at radius 2 is 0.900 bits per heavy atom. The highest BCUT2D eigenvalue weighted by molar-refractivity contribution is 5.94. The van der Waals surface area contributed by atoms with Gasteiger partial charge in [0.25, 0.3) is 0 Å². The van der Waals surface area contributed by atoms with Crippen LogP contribution in [0, 0.1) is 18.8 Å². The predicted molar refractivity (Wildman–Crippen MR) is 323 cm³/mol. The molecule has 2 atom stereocenters. The van der Waals surface area contributed by atoms with E-state index in [0.29, 0.717) is 55.1 Å². The highest BCUT2D eigenvalue weighted by atomic mass is 16.5. The second kappa shape index (κ2) is 42.4. The molecule has 6 rings (SSSR count). The molecule has 4 aliphatic heterocycles. The number of aliphatic hydroxyl groups excluding tert-OH is 4. The van der Waals surface area contributed by atoms with Crippen LogP contribution in [0.5, 0.6) is 11.5 Å². The number of carbonyl (C=O) groups is 8. The normalized spacial score (nSPS) is 17.3. The molecule has 0 bridgehead atoms. The number of carbonyl (C=O) groups excluding carboxylic acids is 8. The van der Waals surface area contributed by atoms with E-state index in [9.17, 15) is 48.6 Å². The fourth-order valence-corrected chi connectivity index (χ4v) is 9.03. The summed E-state index contributed by atoms with van der Waals surface area (Å²) in [7, 11) is 10.6. The molecular weight excluding hydrogens is 1190 g/mol. The summed E-state index contributed by atoms with van der Waals surface area (Å²) in [6.45, 7) is 17.7. The van der Waals surface area contributed by atoms with Gasteiger partial charge in [0.05, 0.1) is 64.8 Å². The first kappa shape index (κ1) is 81.3. The molecule has 2 aromatic rings. The zero-order valence-corrected chi connectivity index (χ0v) is 55.1. The summed E-state index contributed by atoms with van der Waals surface area (Å²) in [5.74, 6) is -1.77. The first-order valence-corrected chi connectivity index (χ1v) is 28.7. The lowest BCUT2D eigenvalue weighted by atomic mass is 9.85. The van der Waals surface area contributed by atoms with Gasteiger partial charge in [-0.1, -0.05) is 45.4 Å². The van der Waals surface area contributed by atoms with Crippen LogP contribution in [0.1, 0.15) is 94.7 Å². The van der Waals surface area contributed by atoms with E-state index < -0.39 is 11.8 Å². The maximum Gasteiger partial charge on any atom is 0.332 e. The molecule has 4 fully saturated rings. The van der Waals surface area contributed by atoms with E-state index in [1.807, 2.05) is 39.5 Å². The number of benzene rings is 2. The molecule has 31 heteroatoms. The van der Waals surface area contributed by atoms with Crippen molar-refractivity contribution >= 4 is 47.6 Å². The van der Waals surface area contributed by atoms with Crippen LogP contribution in [0.3, 0.4) is 0 Å². The Kier molecular flexibility index (Phi) is 38.3. The van der Waals surface area contributed by atoms with Gasteiger partial charge in [-0.2, -0.15) is 0 Å². The lowest BCUT2D eigenvalue weighted by Gasteiger charge is -2.39. The lowest BCUT2D eigenvalue weighted by Crippen LogP contribution is -2.59. The monoisotopic (exact) mass is 1290 g/mol. The van der Waals surface area contributed by atoms with Gasteiger partial charge in [-0.25, -0.2) is 19.3 Å². The van der Waals surface area contributed by atoms with Crippen molar-refractivity contribution in [1.82, 2.24) is 44.1 Å². The van der Waals surface area contributed by atoms with E-state index in [1.54, 1.807) is 24.3 Å². The molecule has 0 radical (unpaired) electrons. The van der Waals surface area contributed by atoms with Crippen LogP contribution < -0.4 is 0 Å². The van der Waals surface area contributed by atoms with E-state index in [4.69, 9.17) is 58.3 Å². The number of phenols is 2. The fraction of sp³-hybridized carbons (Fsp3) is 0.661. The van der Waals surface area contributed by atoms with Crippen molar-refractivity contribution < 1.29 is 107 Å². The average molecular weight is 1290 g/mol. The lowest BCUT2D eigenvalue weighted by molar-refractivity contribution is -0.161. The minimum Gasteiger partial charge on any atom is -0.507 e. The molecule has 4 aliphatic rings. The van der Waals surface area contributed by atoms with Gasteiger partial charge in [0.2, 0.25) is 29.5 Å². The van der Waals surface area contributed by atoms with Crippen LogP contribution in [0.25, 0.3) is 0 Å². The molecule has 0 aliphatic carbocycles. The smallest absolute Gasteiger partial charge is 0.332 e. The zero-order chi connectivity index (χ0) is 68.4. The standard InChI is InChI=1S/C14H26N2O6.C12H18O3.C9H17N3O3.C9H12O3.C8H14N2O3.C7H12N2O4/c1-19-6-11-5-12(7-20-2)14(18)16(10-22-4)8-15(9-21-3)13(11)17;1-12(2,3)10-4-8(6-13)11(15)9(5-10)7-14;1-4-10-5-11(7-15-3)9(14)12(6-10)8(2)13;1-6-2-7(4-10)9(12)8(3-6)5-11;1-7(11)10-5-3-4-9(6-13-2)8(10)12;1-6(10)9-5-13-4-8(3-12-2)7(9)11/h11-12H,5-10H2,1-4H3;4-5,13-15H,6-7H2,1-3H3;4-7H2,1-3H3;2-3,10-12H,4-5H2,1H3;3-6H2,1-2H3;3-5H2,1-2H3. The summed E-state index contributed by atoms with van der Waals surface area (Å²) in [5, 5.41) is 54.9. The summed E-state index contributed by atoms with van der Waals surface area (Å²) < 4.78 is 39.9. The van der Waals surface area contributed by atoms with E-state index in [0.717, 1.165) is 29.0 Å². The van der Waals surface area contributed by atoms with Gasteiger partial charge >= 0.3 is 18.1 Å². The number of nitrogens with zero attached hydrogens (tertiary/aromatic N) is 9. The highest BCUT2D eigenvalue weighted by Gasteiger charge is 2.37. The molecule has 0 spiro atoms. The second-order valence-corrected chi connectivity index (χ2v) is 21.8. The number of aliphatic hydroxyl groups is 4. The van der Waals surface area contributed by atoms with Crippen molar-refractivity contribution in [2.75, 3.05) is 150 Å². The molecule has 2 unspecified atom stereocenters. The first-order valence-electron chi connectivity index (χ1n) is 28.7. The number of amides is 11. The van der Waals surface area contributed by atoms with Gasteiger partial charge in [0.1, 0.15) is 65.3 Å². The summed E-state index contributed by atoms with van der Waals surface area (Å²) in [5.41, 5.74) is 3.69. The topological polar surface area (TPSA) is 361 Å². The van der Waals surface area contributed by atoms with Gasteiger partial charge in [0, 0.05) is 106 Å². The number of imide groups is 3. The number of aromatic hydroxyl groups is 2. The van der Waals surface area contributed by atoms with Gasteiger partial charge in [-0.3, -0.25) is 48.5 Å².